The molecule has 1 unspecified atom stereocenters. The zero-order valence-corrected chi connectivity index (χ0v) is 9.40. The lowest BCUT2D eigenvalue weighted by Gasteiger charge is -2.13. The summed E-state index contributed by atoms with van der Waals surface area (Å²) in [7, 11) is 0. The van der Waals surface area contributed by atoms with Crippen molar-refractivity contribution in [2.24, 2.45) is 0 Å². The summed E-state index contributed by atoms with van der Waals surface area (Å²) < 4.78 is 0. The molecule has 6 heteroatoms. The van der Waals surface area contributed by atoms with Gasteiger partial charge in [0.2, 0.25) is 5.78 Å². The molecule has 0 aliphatic carbocycles. The number of hydrogen-bond acceptors (Lipinski definition) is 4. The van der Waals surface area contributed by atoms with Gasteiger partial charge in [-0.1, -0.05) is 0 Å². The fourth-order valence-corrected chi connectivity index (χ4v) is 1.13. The fraction of sp³-hybridized carbons (Fsp3) is 0.600. The molecule has 0 heterocycles. The summed E-state index contributed by atoms with van der Waals surface area (Å²) in [6.07, 6.45) is 1.18. The maximum atomic E-state index is 11.2. The molecule has 88 valence electrons. The maximum Gasteiger partial charge on any atom is 0.323 e. The molecule has 1 atom stereocenters. The van der Waals surface area contributed by atoms with Gasteiger partial charge in [0.25, 0.3) is 0 Å². The second kappa shape index (κ2) is 7.62. The van der Waals surface area contributed by atoms with Crippen molar-refractivity contribution in [1.29, 1.82) is 0 Å². The molecule has 0 aromatic heterocycles. The predicted octanol–water partition coefficient (Wildman–Crippen LogP) is -0.228. The van der Waals surface area contributed by atoms with Crippen molar-refractivity contribution in [3.63, 3.8) is 0 Å². The zero-order valence-electron chi connectivity index (χ0n) is 9.40. The summed E-state index contributed by atoms with van der Waals surface area (Å²) >= 11 is 0. The van der Waals surface area contributed by atoms with Crippen LogP contribution in [0.5, 0.6) is 0 Å². The summed E-state index contributed by atoms with van der Waals surface area (Å²) in [6, 6.07) is -0.514. The zero-order chi connectivity index (χ0) is 12.6. The summed E-state index contributed by atoms with van der Waals surface area (Å²) in [6.45, 7) is 2.91. The first-order valence-electron chi connectivity index (χ1n) is 4.91. The molecule has 0 aromatic carbocycles. The normalized spacial score (nSPS) is 11.4. The Labute approximate surface area is 93.6 Å². The maximum absolute atomic E-state index is 11.2. The molecule has 0 aliphatic rings. The number of carbonyl (C=O) groups is 3. The average molecular weight is 225 g/mol. The molecule has 0 saturated carbocycles. The van der Waals surface area contributed by atoms with Crippen LogP contribution in [0.25, 0.3) is 5.53 Å². The molecule has 0 spiro atoms. The van der Waals surface area contributed by atoms with E-state index in [2.05, 4.69) is 10.1 Å². The van der Waals surface area contributed by atoms with Gasteiger partial charge < -0.3 is 10.8 Å². The Kier molecular flexibility index (Phi) is 6.83. The van der Waals surface area contributed by atoms with E-state index in [9.17, 15) is 14.4 Å². The van der Waals surface area contributed by atoms with E-state index in [4.69, 9.17) is 5.53 Å². The first-order chi connectivity index (χ1) is 7.47. The van der Waals surface area contributed by atoms with Gasteiger partial charge in [0.1, 0.15) is 11.6 Å². The molecule has 0 aliphatic heterocycles. The van der Waals surface area contributed by atoms with Crippen LogP contribution >= 0.6 is 0 Å². The van der Waals surface area contributed by atoms with Gasteiger partial charge >= 0.3 is 6.21 Å². The van der Waals surface area contributed by atoms with Gasteiger partial charge in [-0.05, 0) is 20.3 Å². The first kappa shape index (κ1) is 14.3. The highest BCUT2D eigenvalue weighted by molar-refractivity contribution is 6.25. The molecule has 0 aromatic rings. The Hall–Kier alpha value is -1.65. The lowest BCUT2D eigenvalue weighted by Crippen LogP contribution is -2.38. The monoisotopic (exact) mass is 225 g/mol. The number of rotatable bonds is 8. The van der Waals surface area contributed by atoms with E-state index in [0.717, 1.165) is 6.21 Å². The standard InChI is InChI=1S/C10H15N3O3/c1-7(14)5-12-10(8(2)15)4-3-9(16)6-13-11/h6,10,12H,3-5H2,1-2H3. The molecule has 0 fully saturated rings. The van der Waals surface area contributed by atoms with Crippen molar-refractivity contribution in [3.8, 4) is 0 Å². The third kappa shape index (κ3) is 6.75. The van der Waals surface area contributed by atoms with E-state index in [1.807, 2.05) is 0 Å². The second-order valence-corrected chi connectivity index (χ2v) is 3.50. The number of hydrogen-bond donors (Lipinski definition) is 1. The molecule has 0 amide bonds. The Morgan fingerprint density at radius 2 is 2.00 bits per heavy atom. The van der Waals surface area contributed by atoms with Crippen LogP contribution in [0.4, 0.5) is 0 Å². The van der Waals surface area contributed by atoms with Crippen LogP contribution in [0.1, 0.15) is 26.7 Å². The highest BCUT2D eigenvalue weighted by Crippen LogP contribution is 1.99. The molecule has 0 radical (unpaired) electrons. The molecule has 16 heavy (non-hydrogen) atoms. The number of nitrogens with zero attached hydrogens (tertiary/aromatic N) is 2. The summed E-state index contributed by atoms with van der Waals surface area (Å²) in [5, 5.41) is 2.76. The van der Waals surface area contributed by atoms with E-state index in [-0.39, 0.29) is 36.7 Å². The molecule has 1 N–H and O–H groups in total. The lowest BCUT2D eigenvalue weighted by molar-refractivity contribution is -0.120. The van der Waals surface area contributed by atoms with Crippen molar-refractivity contribution in [3.05, 3.63) is 5.53 Å². The minimum atomic E-state index is -0.514. The van der Waals surface area contributed by atoms with E-state index < -0.39 is 6.04 Å². The van der Waals surface area contributed by atoms with Crippen LogP contribution in [0.3, 0.4) is 0 Å². The number of nitrogens with one attached hydrogen (secondary N) is 1. The van der Waals surface area contributed by atoms with E-state index >= 15 is 0 Å². The van der Waals surface area contributed by atoms with Crippen molar-refractivity contribution in [2.75, 3.05) is 6.54 Å². The van der Waals surface area contributed by atoms with Gasteiger partial charge in [-0.15, -0.1) is 0 Å². The molecule has 6 nitrogen and oxygen atoms in total. The number of ketones is 3. The van der Waals surface area contributed by atoms with Gasteiger partial charge in [-0.3, -0.25) is 14.4 Å². The Morgan fingerprint density at radius 1 is 1.38 bits per heavy atom. The number of carbonyl (C=O) groups excluding carboxylic acids is 3. The Balaban J connectivity index is 4.13. The fourth-order valence-electron chi connectivity index (χ4n) is 1.13. The van der Waals surface area contributed by atoms with E-state index in [1.165, 1.54) is 13.8 Å². The minimum absolute atomic E-state index is 0.0745. The molecule has 0 saturated heterocycles. The largest absolute Gasteiger partial charge is 0.361 e. The van der Waals surface area contributed by atoms with Gasteiger partial charge in [-0.2, -0.15) is 4.79 Å². The van der Waals surface area contributed by atoms with Gasteiger partial charge in [0.15, 0.2) is 0 Å². The second-order valence-electron chi connectivity index (χ2n) is 3.50. The quantitative estimate of drug-likeness (QED) is 0.350. The van der Waals surface area contributed by atoms with E-state index in [0.29, 0.717) is 0 Å². The Bertz CT molecular complexity index is 332. The highest BCUT2D eigenvalue weighted by atomic mass is 16.1. The molecule has 0 rings (SSSR count). The molecular weight excluding hydrogens is 210 g/mol. The average Bonchev–Trinajstić information content (AvgIpc) is 2.17. The third-order valence-corrected chi connectivity index (χ3v) is 1.97. The van der Waals surface area contributed by atoms with Gasteiger partial charge in [-0.25, -0.2) is 0 Å². The topological polar surface area (TPSA) is 99.6 Å². The van der Waals surface area contributed by atoms with Crippen molar-refractivity contribution in [2.45, 2.75) is 32.7 Å². The van der Waals surface area contributed by atoms with E-state index in [1.54, 1.807) is 0 Å². The van der Waals surface area contributed by atoms with Crippen LogP contribution in [-0.4, -0.2) is 40.9 Å². The SMILES string of the molecule is CC(=O)CNC(CCC(=O)C=[N+]=[N-])C(C)=O. The number of Topliss-reactive ketones (excluding diaryl/α,β-unsaturated/α-hetero) is 3. The van der Waals surface area contributed by atoms with Crippen LogP contribution in [0.2, 0.25) is 0 Å². The molecular formula is C10H15N3O3. The molecule has 0 bridgehead atoms. The van der Waals surface area contributed by atoms with Crippen LogP contribution in [-0.2, 0) is 14.4 Å². The third-order valence-electron chi connectivity index (χ3n) is 1.97. The van der Waals surface area contributed by atoms with Gasteiger partial charge in [0.05, 0.1) is 12.6 Å². The Morgan fingerprint density at radius 3 is 2.44 bits per heavy atom. The van der Waals surface area contributed by atoms with Crippen LogP contribution in [0.15, 0.2) is 0 Å². The summed E-state index contributed by atoms with van der Waals surface area (Å²) in [5.41, 5.74) is 8.11. The smallest absolute Gasteiger partial charge is 0.323 e. The first-order valence-corrected chi connectivity index (χ1v) is 4.91. The highest BCUT2D eigenvalue weighted by Gasteiger charge is 2.16. The minimum Gasteiger partial charge on any atom is -0.361 e. The summed E-state index contributed by atoms with van der Waals surface area (Å²) in [5.74, 6) is -0.567. The van der Waals surface area contributed by atoms with Gasteiger partial charge in [0, 0.05) is 6.42 Å². The summed E-state index contributed by atoms with van der Waals surface area (Å²) in [4.78, 5) is 35.5. The van der Waals surface area contributed by atoms with Crippen molar-refractivity contribution >= 4 is 23.6 Å². The lowest BCUT2D eigenvalue weighted by atomic mass is 10.1. The van der Waals surface area contributed by atoms with Crippen LogP contribution in [0, 0.1) is 0 Å². The van der Waals surface area contributed by atoms with Crippen LogP contribution < -0.4 is 5.32 Å². The van der Waals surface area contributed by atoms with Crippen molar-refractivity contribution in [1.82, 2.24) is 5.32 Å². The van der Waals surface area contributed by atoms with Crippen molar-refractivity contribution < 1.29 is 19.2 Å². The predicted molar refractivity (Wildman–Crippen MR) is 57.1 cm³/mol.